The number of rotatable bonds is 3. The van der Waals surface area contributed by atoms with E-state index < -0.39 is 35.0 Å². The number of hydrogen-bond donors (Lipinski definition) is 0. The highest BCUT2D eigenvalue weighted by Crippen LogP contribution is 2.65. The zero-order valence-corrected chi connectivity index (χ0v) is 21.3. The number of imide groups is 2. The molecule has 8 heteroatoms. The molecule has 0 aromatic heterocycles. The first-order valence-electron chi connectivity index (χ1n) is 12.4. The first-order chi connectivity index (χ1) is 18.3. The maximum absolute atomic E-state index is 14.2. The third kappa shape index (κ3) is 2.90. The van der Waals surface area contributed by atoms with E-state index in [0.29, 0.717) is 21.4 Å². The van der Waals surface area contributed by atoms with Crippen LogP contribution >= 0.6 is 23.2 Å². The average molecular weight is 543 g/mol. The van der Waals surface area contributed by atoms with Crippen molar-refractivity contribution in [2.75, 3.05) is 9.80 Å². The summed E-state index contributed by atoms with van der Waals surface area (Å²) in [6, 6.07) is 22.5. The van der Waals surface area contributed by atoms with E-state index in [9.17, 15) is 19.2 Å². The average Bonchev–Trinajstić information content (AvgIpc) is 3.36. The Labute approximate surface area is 228 Å². The van der Waals surface area contributed by atoms with Crippen LogP contribution in [-0.2, 0) is 24.6 Å². The van der Waals surface area contributed by atoms with Crippen LogP contribution in [0.3, 0.4) is 0 Å². The van der Waals surface area contributed by atoms with Gasteiger partial charge < -0.3 is 0 Å². The predicted molar refractivity (Wildman–Crippen MR) is 143 cm³/mol. The van der Waals surface area contributed by atoms with Crippen LogP contribution in [0.2, 0.25) is 10.0 Å². The van der Waals surface area contributed by atoms with E-state index in [1.165, 1.54) is 9.80 Å². The van der Waals surface area contributed by atoms with E-state index in [4.69, 9.17) is 23.2 Å². The molecule has 2 saturated heterocycles. The van der Waals surface area contributed by atoms with Crippen LogP contribution in [0.15, 0.2) is 91.0 Å². The third-order valence-electron chi connectivity index (χ3n) is 8.56. The van der Waals surface area contributed by atoms with Crippen LogP contribution < -0.4 is 9.80 Å². The van der Waals surface area contributed by atoms with Crippen LogP contribution in [0, 0.1) is 29.6 Å². The summed E-state index contributed by atoms with van der Waals surface area (Å²) in [4.78, 5) is 58.8. The molecule has 2 unspecified atom stereocenters. The Morgan fingerprint density at radius 2 is 1.11 bits per heavy atom. The van der Waals surface area contributed by atoms with E-state index in [0.717, 1.165) is 5.56 Å². The van der Waals surface area contributed by atoms with Crippen molar-refractivity contribution in [3.8, 4) is 0 Å². The van der Waals surface area contributed by atoms with Crippen LogP contribution in [-0.4, -0.2) is 23.6 Å². The second-order valence-corrected chi connectivity index (χ2v) is 11.1. The summed E-state index contributed by atoms with van der Waals surface area (Å²) < 4.78 is 0. The van der Waals surface area contributed by atoms with Crippen molar-refractivity contribution < 1.29 is 19.2 Å². The van der Waals surface area contributed by atoms with Crippen LogP contribution in [0.4, 0.5) is 11.4 Å². The fourth-order valence-electron chi connectivity index (χ4n) is 7.22. The molecule has 38 heavy (non-hydrogen) atoms. The summed E-state index contributed by atoms with van der Waals surface area (Å²) in [5.74, 6) is -5.40. The quantitative estimate of drug-likeness (QED) is 0.343. The molecule has 8 rings (SSSR count). The molecular formula is C30H20Cl2N2O4. The molecule has 5 aliphatic rings. The maximum Gasteiger partial charge on any atom is 0.238 e. The lowest BCUT2D eigenvalue weighted by atomic mass is 9.45. The highest BCUT2D eigenvalue weighted by atomic mass is 35.5. The van der Waals surface area contributed by atoms with Gasteiger partial charge in [0.15, 0.2) is 0 Å². The predicted octanol–water partition coefficient (Wildman–Crippen LogP) is 5.04. The van der Waals surface area contributed by atoms with Crippen molar-refractivity contribution in [1.82, 2.24) is 0 Å². The van der Waals surface area contributed by atoms with E-state index in [1.54, 1.807) is 48.5 Å². The first-order valence-corrected chi connectivity index (χ1v) is 13.1. The van der Waals surface area contributed by atoms with Gasteiger partial charge in [0.2, 0.25) is 23.6 Å². The molecule has 3 fully saturated rings. The largest absolute Gasteiger partial charge is 0.274 e. The monoisotopic (exact) mass is 542 g/mol. The Morgan fingerprint density at radius 3 is 1.58 bits per heavy atom. The molecule has 3 aromatic rings. The Bertz CT molecular complexity index is 1500. The summed E-state index contributed by atoms with van der Waals surface area (Å²) in [6.45, 7) is 0. The normalized spacial score (nSPS) is 31.3. The molecule has 1 saturated carbocycles. The minimum absolute atomic E-state index is 0.378. The number of allylic oxidation sites excluding steroid dienone is 2. The molecule has 0 N–H and O–H groups in total. The van der Waals surface area contributed by atoms with Crippen molar-refractivity contribution >= 4 is 58.2 Å². The lowest BCUT2D eigenvalue weighted by molar-refractivity contribution is -0.140. The summed E-state index contributed by atoms with van der Waals surface area (Å²) in [5, 5.41) is 0.799. The SMILES string of the molecule is O=C1[C@@H]2C3C=CC(c4ccccc4)([C@@H]2C(=O)N1c1cccc(Cl)c1)[C@H]1C(=O)N(c2cccc(Cl)c2)C(=O)[C@H]31. The number of anilines is 2. The van der Waals surface area contributed by atoms with Gasteiger partial charge >= 0.3 is 0 Å². The fraction of sp³-hybridized carbons (Fsp3) is 0.200. The molecular weight excluding hydrogens is 523 g/mol. The second-order valence-electron chi connectivity index (χ2n) is 10.2. The zero-order valence-electron chi connectivity index (χ0n) is 19.8. The second kappa shape index (κ2) is 8.13. The fourth-order valence-corrected chi connectivity index (χ4v) is 7.59. The van der Waals surface area contributed by atoms with E-state index >= 15 is 0 Å². The topological polar surface area (TPSA) is 74.8 Å². The van der Waals surface area contributed by atoms with Gasteiger partial charge in [-0.1, -0.05) is 77.8 Å². The van der Waals surface area contributed by atoms with Crippen LogP contribution in [0.1, 0.15) is 5.56 Å². The molecule has 6 nitrogen and oxygen atoms in total. The van der Waals surface area contributed by atoms with Crippen LogP contribution in [0.5, 0.6) is 0 Å². The van der Waals surface area contributed by atoms with Gasteiger partial charge in [0.25, 0.3) is 0 Å². The van der Waals surface area contributed by atoms with Gasteiger partial charge in [0.05, 0.1) is 35.0 Å². The minimum atomic E-state index is -1.18. The van der Waals surface area contributed by atoms with Gasteiger partial charge in [0, 0.05) is 21.4 Å². The summed E-state index contributed by atoms with van der Waals surface area (Å²) in [7, 11) is 0. The third-order valence-corrected chi connectivity index (χ3v) is 9.03. The van der Waals surface area contributed by atoms with Crippen molar-refractivity contribution in [3.05, 3.63) is 107 Å². The zero-order chi connectivity index (χ0) is 26.3. The molecule has 2 bridgehead atoms. The van der Waals surface area contributed by atoms with Gasteiger partial charge in [-0.05, 0) is 42.0 Å². The lowest BCUT2D eigenvalue weighted by Gasteiger charge is -2.53. The Morgan fingerprint density at radius 1 is 0.605 bits per heavy atom. The minimum Gasteiger partial charge on any atom is -0.274 e. The Kier molecular flexibility index (Phi) is 5.00. The molecule has 4 amide bonds. The smallest absolute Gasteiger partial charge is 0.238 e. The maximum atomic E-state index is 14.2. The van der Waals surface area contributed by atoms with Crippen molar-refractivity contribution in [2.24, 2.45) is 29.6 Å². The van der Waals surface area contributed by atoms with E-state index in [-0.39, 0.29) is 23.6 Å². The number of carbonyl (C=O) groups is 4. The van der Waals surface area contributed by atoms with Gasteiger partial charge in [-0.15, -0.1) is 0 Å². The molecule has 6 atom stereocenters. The number of carbonyl (C=O) groups excluding carboxylic acids is 4. The summed E-state index contributed by atoms with van der Waals surface area (Å²) >= 11 is 12.4. The van der Waals surface area contributed by atoms with Crippen molar-refractivity contribution in [3.63, 3.8) is 0 Å². The lowest BCUT2D eigenvalue weighted by Crippen LogP contribution is -2.60. The van der Waals surface area contributed by atoms with Gasteiger partial charge in [-0.2, -0.15) is 0 Å². The highest BCUT2D eigenvalue weighted by molar-refractivity contribution is 6.32. The number of halogens is 2. The van der Waals surface area contributed by atoms with E-state index in [1.807, 2.05) is 42.5 Å². The molecule has 3 aromatic carbocycles. The number of hydrogen-bond acceptors (Lipinski definition) is 4. The highest BCUT2D eigenvalue weighted by Gasteiger charge is 2.75. The molecule has 0 spiro atoms. The van der Waals surface area contributed by atoms with Crippen molar-refractivity contribution in [2.45, 2.75) is 5.41 Å². The Hall–Kier alpha value is -3.74. The van der Waals surface area contributed by atoms with E-state index in [2.05, 4.69) is 0 Å². The Balaban J connectivity index is 1.43. The summed E-state index contributed by atoms with van der Waals surface area (Å²) in [5.41, 5.74) is 0.314. The number of benzene rings is 3. The number of amides is 4. The van der Waals surface area contributed by atoms with Gasteiger partial charge in [-0.3, -0.25) is 19.2 Å². The van der Waals surface area contributed by atoms with Crippen LogP contribution in [0.25, 0.3) is 0 Å². The van der Waals surface area contributed by atoms with Crippen molar-refractivity contribution in [1.29, 1.82) is 0 Å². The van der Waals surface area contributed by atoms with Gasteiger partial charge in [0.1, 0.15) is 0 Å². The molecule has 0 radical (unpaired) electrons. The number of nitrogens with zero attached hydrogens (tertiary/aromatic N) is 2. The first kappa shape index (κ1) is 23.4. The standard InChI is InChI=1S/C30H20Cl2N2O4/c31-17-8-4-10-19(14-17)33-26(35)22-21-12-13-30(24(22)28(33)37,16-6-2-1-3-7-16)25-23(21)27(36)34(29(25)38)20-11-5-9-18(32)15-20/h1-15,21-25H/t21?,22-,23-,24-,25+,30?/m1/s1. The van der Waals surface area contributed by atoms with Gasteiger partial charge in [-0.25, -0.2) is 9.80 Å². The molecule has 2 aliphatic heterocycles. The molecule has 2 heterocycles. The molecule has 3 aliphatic carbocycles. The summed E-state index contributed by atoms with van der Waals surface area (Å²) in [6.07, 6.45) is 3.77. The molecule has 188 valence electrons.